The van der Waals surface area contributed by atoms with Gasteiger partial charge < -0.3 is 10.4 Å². The molecule has 1 aliphatic carbocycles. The fraction of sp³-hybridized carbons (Fsp3) is 0.667. The number of aromatic nitrogens is 1. The smallest absolute Gasteiger partial charge is 0.380 e. The molecule has 1 fully saturated rings. The molecule has 0 aliphatic heterocycles. The van der Waals surface area contributed by atoms with E-state index in [-0.39, 0.29) is 13.0 Å². The number of halogens is 3. The maximum Gasteiger partial charge on any atom is 0.434 e. The highest BCUT2D eigenvalue weighted by molar-refractivity contribution is 7.09. The van der Waals surface area contributed by atoms with Crippen LogP contribution in [0.4, 0.5) is 13.2 Å². The van der Waals surface area contributed by atoms with Crippen molar-refractivity contribution in [1.82, 2.24) is 10.3 Å². The fourth-order valence-electron chi connectivity index (χ4n) is 2.19. The lowest BCUT2D eigenvalue weighted by molar-refractivity contribution is -0.141. The van der Waals surface area contributed by atoms with Gasteiger partial charge in [0.15, 0.2) is 5.69 Å². The first-order valence-corrected chi connectivity index (χ1v) is 7.21. The van der Waals surface area contributed by atoms with Crippen molar-refractivity contribution in [2.45, 2.75) is 43.9 Å². The second-order valence-electron chi connectivity index (χ2n) is 4.87. The van der Waals surface area contributed by atoms with Gasteiger partial charge in [-0.2, -0.15) is 13.2 Å². The summed E-state index contributed by atoms with van der Waals surface area (Å²) >= 11 is 0.915. The van der Waals surface area contributed by atoms with E-state index >= 15 is 0 Å². The second kappa shape index (κ2) is 5.69. The van der Waals surface area contributed by atoms with E-state index in [0.29, 0.717) is 17.8 Å². The Bertz CT molecular complexity index is 481. The molecule has 0 atom stereocenters. The number of hydrogen-bond donors (Lipinski definition) is 2. The van der Waals surface area contributed by atoms with Crippen LogP contribution in [0.15, 0.2) is 5.38 Å². The van der Waals surface area contributed by atoms with Crippen LogP contribution in [0.25, 0.3) is 0 Å². The van der Waals surface area contributed by atoms with E-state index in [2.05, 4.69) is 10.3 Å². The summed E-state index contributed by atoms with van der Waals surface area (Å²) < 4.78 is 37.0. The van der Waals surface area contributed by atoms with Crippen LogP contribution in [-0.2, 0) is 17.4 Å². The van der Waals surface area contributed by atoms with E-state index in [4.69, 9.17) is 0 Å². The lowest BCUT2D eigenvalue weighted by atomic mass is 10.0. The van der Waals surface area contributed by atoms with Gasteiger partial charge >= 0.3 is 6.18 Å². The maximum atomic E-state index is 12.3. The Kier molecular flexibility index (Phi) is 4.33. The molecule has 0 bridgehead atoms. The normalized spacial score (nSPS) is 18.2. The predicted molar refractivity (Wildman–Crippen MR) is 67.2 cm³/mol. The van der Waals surface area contributed by atoms with Crippen LogP contribution in [0.2, 0.25) is 0 Å². The molecule has 4 nitrogen and oxygen atoms in total. The van der Waals surface area contributed by atoms with Crippen LogP contribution < -0.4 is 5.32 Å². The number of carbonyl (C=O) groups excluding carboxylic acids is 1. The van der Waals surface area contributed by atoms with Crippen molar-refractivity contribution >= 4 is 17.2 Å². The van der Waals surface area contributed by atoms with Crippen LogP contribution in [0.3, 0.4) is 0 Å². The number of amides is 1. The van der Waals surface area contributed by atoms with E-state index in [0.717, 1.165) is 29.6 Å². The average Bonchev–Trinajstić information content (AvgIpc) is 2.98. The summed E-state index contributed by atoms with van der Waals surface area (Å²) in [6.07, 6.45) is -1.71. The number of nitrogens with one attached hydrogen (secondary N) is 1. The van der Waals surface area contributed by atoms with Gasteiger partial charge in [0.2, 0.25) is 0 Å². The number of hydrogen-bond acceptors (Lipinski definition) is 4. The number of nitrogens with zero attached hydrogens (tertiary/aromatic N) is 1. The van der Waals surface area contributed by atoms with Crippen molar-refractivity contribution in [2.75, 3.05) is 6.54 Å². The van der Waals surface area contributed by atoms with Crippen molar-refractivity contribution in [3.05, 3.63) is 16.1 Å². The Morgan fingerprint density at radius 2 is 2.10 bits per heavy atom. The van der Waals surface area contributed by atoms with Gasteiger partial charge in [0.1, 0.15) is 5.60 Å². The fourth-order valence-corrected chi connectivity index (χ4v) is 3.00. The van der Waals surface area contributed by atoms with Gasteiger partial charge in [0.05, 0.1) is 5.01 Å². The Morgan fingerprint density at radius 1 is 1.45 bits per heavy atom. The van der Waals surface area contributed by atoms with Crippen molar-refractivity contribution in [1.29, 1.82) is 0 Å². The van der Waals surface area contributed by atoms with Gasteiger partial charge in [-0.3, -0.25) is 4.79 Å². The summed E-state index contributed by atoms with van der Waals surface area (Å²) in [6.45, 7) is 0.173. The number of aliphatic hydroxyl groups is 1. The molecule has 2 rings (SSSR count). The minimum atomic E-state index is -4.43. The highest BCUT2D eigenvalue weighted by Gasteiger charge is 2.38. The van der Waals surface area contributed by atoms with Gasteiger partial charge in [-0.25, -0.2) is 4.98 Å². The van der Waals surface area contributed by atoms with Gasteiger partial charge in [-0.1, -0.05) is 0 Å². The summed E-state index contributed by atoms with van der Waals surface area (Å²) in [5, 5.41) is 13.8. The summed E-state index contributed by atoms with van der Waals surface area (Å²) in [7, 11) is 0. The van der Waals surface area contributed by atoms with E-state index in [1.807, 2.05) is 0 Å². The van der Waals surface area contributed by atoms with E-state index in [1.165, 1.54) is 0 Å². The predicted octanol–water partition coefficient (Wildman–Crippen LogP) is 2.13. The Labute approximate surface area is 118 Å². The topological polar surface area (TPSA) is 62.2 Å². The Balaban J connectivity index is 1.81. The van der Waals surface area contributed by atoms with Crippen LogP contribution in [0, 0.1) is 0 Å². The molecular formula is C12H15F3N2O2S. The molecule has 1 saturated carbocycles. The molecule has 1 aromatic rings. The summed E-state index contributed by atoms with van der Waals surface area (Å²) in [6, 6.07) is 0. The molecule has 20 heavy (non-hydrogen) atoms. The molecule has 0 unspecified atom stereocenters. The van der Waals surface area contributed by atoms with Crippen molar-refractivity contribution in [3.63, 3.8) is 0 Å². The monoisotopic (exact) mass is 308 g/mol. The zero-order valence-electron chi connectivity index (χ0n) is 10.7. The summed E-state index contributed by atoms with van der Waals surface area (Å²) in [5.41, 5.74) is -2.21. The highest BCUT2D eigenvalue weighted by atomic mass is 32.1. The standard InChI is InChI=1S/C12H15F3N2O2S/c13-12(14,15)8-7-20-9(17-8)3-6-16-10(18)11(19)4-1-2-5-11/h7,19H,1-6H2,(H,16,18). The molecule has 0 saturated heterocycles. The maximum absolute atomic E-state index is 12.3. The van der Waals surface area contributed by atoms with Gasteiger partial charge in [-0.15, -0.1) is 11.3 Å². The van der Waals surface area contributed by atoms with Crippen molar-refractivity contribution in [3.8, 4) is 0 Å². The molecule has 8 heteroatoms. The van der Waals surface area contributed by atoms with Gasteiger partial charge in [-0.05, 0) is 25.7 Å². The van der Waals surface area contributed by atoms with E-state index < -0.39 is 23.4 Å². The van der Waals surface area contributed by atoms with Crippen molar-refractivity contribution in [2.24, 2.45) is 0 Å². The van der Waals surface area contributed by atoms with E-state index in [1.54, 1.807) is 0 Å². The van der Waals surface area contributed by atoms with Gasteiger partial charge in [0, 0.05) is 18.3 Å². The number of carbonyl (C=O) groups is 1. The summed E-state index contributed by atoms with van der Waals surface area (Å²) in [4.78, 5) is 15.2. The lowest BCUT2D eigenvalue weighted by Crippen LogP contribution is -2.45. The first-order chi connectivity index (χ1) is 9.31. The number of thiazole rings is 1. The van der Waals surface area contributed by atoms with Crippen LogP contribution in [-0.4, -0.2) is 28.1 Å². The molecule has 1 heterocycles. The van der Waals surface area contributed by atoms with Crippen molar-refractivity contribution < 1.29 is 23.1 Å². The largest absolute Gasteiger partial charge is 0.434 e. The van der Waals surface area contributed by atoms with Crippen LogP contribution in [0.1, 0.15) is 36.4 Å². The highest BCUT2D eigenvalue weighted by Crippen LogP contribution is 2.30. The molecule has 0 spiro atoms. The zero-order chi connectivity index (χ0) is 14.8. The lowest BCUT2D eigenvalue weighted by Gasteiger charge is -2.20. The minimum absolute atomic E-state index is 0.173. The molecular weight excluding hydrogens is 293 g/mol. The first-order valence-electron chi connectivity index (χ1n) is 6.33. The third kappa shape index (κ3) is 3.49. The first kappa shape index (κ1) is 15.2. The molecule has 0 radical (unpaired) electrons. The zero-order valence-corrected chi connectivity index (χ0v) is 11.5. The third-order valence-electron chi connectivity index (χ3n) is 3.32. The average molecular weight is 308 g/mol. The van der Waals surface area contributed by atoms with E-state index in [9.17, 15) is 23.1 Å². The van der Waals surface area contributed by atoms with Crippen LogP contribution >= 0.6 is 11.3 Å². The molecule has 112 valence electrons. The molecule has 2 N–H and O–H groups in total. The Morgan fingerprint density at radius 3 is 2.65 bits per heavy atom. The molecule has 1 aliphatic rings. The molecule has 1 aromatic heterocycles. The quantitative estimate of drug-likeness (QED) is 0.895. The number of alkyl halides is 3. The minimum Gasteiger partial charge on any atom is -0.380 e. The molecule has 0 aromatic carbocycles. The van der Waals surface area contributed by atoms with Crippen LogP contribution in [0.5, 0.6) is 0 Å². The number of rotatable bonds is 4. The third-order valence-corrected chi connectivity index (χ3v) is 4.23. The Hall–Kier alpha value is -1.15. The SMILES string of the molecule is O=C(NCCc1nc(C(F)(F)F)cs1)C1(O)CCCC1. The second-order valence-corrected chi connectivity index (χ2v) is 5.81. The van der Waals surface area contributed by atoms with Gasteiger partial charge in [0.25, 0.3) is 5.91 Å². The summed E-state index contributed by atoms with van der Waals surface area (Å²) in [5.74, 6) is -0.442. The molecule has 1 amide bonds.